The zero-order valence-corrected chi connectivity index (χ0v) is 7.00. The molecule has 3 aliphatic rings. The molecule has 0 radical (unpaired) electrons. The van der Waals surface area contributed by atoms with Gasteiger partial charge in [-0.15, -0.1) is 0 Å². The summed E-state index contributed by atoms with van der Waals surface area (Å²) in [5.41, 5.74) is 4.24. The Morgan fingerprint density at radius 1 is 1.46 bits per heavy atom. The van der Waals surface area contributed by atoms with E-state index in [4.69, 9.17) is 0 Å². The number of nitrogens with one attached hydrogen (secondary N) is 3. The molecule has 68 valence electrons. The highest BCUT2D eigenvalue weighted by atomic mass is 16.2. The Bertz CT molecular complexity index is 333. The molecule has 0 aromatic rings. The summed E-state index contributed by atoms with van der Waals surface area (Å²) in [5.74, 6) is 0. The number of urea groups is 1. The van der Waals surface area contributed by atoms with Crippen molar-refractivity contribution >= 4 is 11.7 Å². The number of nitrogens with zero attached hydrogens (tertiary/aromatic N) is 1. The van der Waals surface area contributed by atoms with Crippen LogP contribution in [0.15, 0.2) is 16.9 Å². The molecule has 3 N–H and O–H groups in total. The summed E-state index contributed by atoms with van der Waals surface area (Å²) in [7, 11) is 0. The lowest BCUT2D eigenvalue weighted by Gasteiger charge is -2.26. The SMILES string of the molecule is O=C1NN=C2C(=C[C@@H]3CC[C@H]2N3)N1. The van der Waals surface area contributed by atoms with E-state index in [2.05, 4.69) is 21.2 Å². The third-order valence-corrected chi connectivity index (χ3v) is 2.68. The minimum absolute atomic E-state index is 0.240. The van der Waals surface area contributed by atoms with Gasteiger partial charge in [-0.3, -0.25) is 0 Å². The average Bonchev–Trinajstić information content (AvgIpc) is 2.48. The Morgan fingerprint density at radius 3 is 3.31 bits per heavy atom. The van der Waals surface area contributed by atoms with Gasteiger partial charge >= 0.3 is 6.03 Å². The van der Waals surface area contributed by atoms with E-state index in [0.717, 1.165) is 24.3 Å². The molecule has 0 unspecified atom stereocenters. The fourth-order valence-electron chi connectivity index (χ4n) is 2.10. The van der Waals surface area contributed by atoms with E-state index >= 15 is 0 Å². The highest BCUT2D eigenvalue weighted by Crippen LogP contribution is 2.23. The zero-order chi connectivity index (χ0) is 8.84. The summed E-state index contributed by atoms with van der Waals surface area (Å²) >= 11 is 0. The highest BCUT2D eigenvalue weighted by molar-refractivity contribution is 6.09. The summed E-state index contributed by atoms with van der Waals surface area (Å²) in [6.45, 7) is 0. The van der Waals surface area contributed by atoms with Crippen LogP contribution in [0.3, 0.4) is 0 Å². The van der Waals surface area contributed by atoms with Crippen LogP contribution in [0.2, 0.25) is 0 Å². The first-order valence-corrected chi connectivity index (χ1v) is 4.46. The quantitative estimate of drug-likeness (QED) is 0.475. The Morgan fingerprint density at radius 2 is 2.38 bits per heavy atom. The van der Waals surface area contributed by atoms with E-state index < -0.39 is 0 Å². The maximum Gasteiger partial charge on any atom is 0.339 e. The van der Waals surface area contributed by atoms with Crippen molar-refractivity contribution in [2.45, 2.75) is 24.9 Å². The largest absolute Gasteiger partial charge is 0.339 e. The van der Waals surface area contributed by atoms with Crippen LogP contribution in [0.5, 0.6) is 0 Å². The summed E-state index contributed by atoms with van der Waals surface area (Å²) in [6.07, 6.45) is 4.27. The average molecular weight is 178 g/mol. The number of hydrogen-bond acceptors (Lipinski definition) is 3. The maximum absolute atomic E-state index is 11.0. The molecule has 3 heterocycles. The van der Waals surface area contributed by atoms with E-state index in [1.807, 2.05) is 6.08 Å². The van der Waals surface area contributed by atoms with Crippen LogP contribution in [0.1, 0.15) is 12.8 Å². The topological polar surface area (TPSA) is 65.5 Å². The molecular weight excluding hydrogens is 168 g/mol. The van der Waals surface area contributed by atoms with Gasteiger partial charge in [0.15, 0.2) is 0 Å². The molecule has 0 aromatic carbocycles. The molecule has 0 aliphatic carbocycles. The molecule has 0 aromatic heterocycles. The number of carbonyl (C=O) groups excluding carboxylic acids is 1. The first kappa shape index (κ1) is 7.08. The van der Waals surface area contributed by atoms with Crippen molar-refractivity contribution in [2.24, 2.45) is 5.10 Å². The van der Waals surface area contributed by atoms with Crippen LogP contribution in [0.4, 0.5) is 4.79 Å². The van der Waals surface area contributed by atoms with Crippen molar-refractivity contribution < 1.29 is 4.79 Å². The van der Waals surface area contributed by atoms with Crippen molar-refractivity contribution in [3.05, 3.63) is 11.8 Å². The molecule has 3 aliphatic heterocycles. The Balaban J connectivity index is 2.04. The van der Waals surface area contributed by atoms with Crippen LogP contribution in [-0.2, 0) is 0 Å². The van der Waals surface area contributed by atoms with Gasteiger partial charge in [0.25, 0.3) is 0 Å². The number of fused-ring (bicyclic) bond motifs is 4. The number of hydrazone groups is 1. The van der Waals surface area contributed by atoms with Crippen LogP contribution >= 0.6 is 0 Å². The van der Waals surface area contributed by atoms with Gasteiger partial charge < -0.3 is 10.6 Å². The molecule has 0 saturated carbocycles. The standard InChI is InChI=1S/C8H10N4O/c13-8-10-6-3-4-1-2-5(9-4)7(6)11-12-8/h3-5,9H,1-2H2,(H2,10,12,13)/t4-,5+/m0/s1. The molecule has 13 heavy (non-hydrogen) atoms. The lowest BCUT2D eigenvalue weighted by molar-refractivity contribution is 0.243. The van der Waals surface area contributed by atoms with E-state index in [-0.39, 0.29) is 6.03 Å². The minimum Gasteiger partial charge on any atom is -0.305 e. The second-order valence-electron chi connectivity index (χ2n) is 3.55. The molecule has 1 fully saturated rings. The summed E-state index contributed by atoms with van der Waals surface area (Å²) < 4.78 is 0. The Hall–Kier alpha value is -1.36. The maximum atomic E-state index is 11.0. The lowest BCUT2D eigenvalue weighted by atomic mass is 10.1. The molecule has 1 saturated heterocycles. The van der Waals surface area contributed by atoms with Crippen LogP contribution in [0.25, 0.3) is 0 Å². The van der Waals surface area contributed by atoms with Crippen molar-refractivity contribution in [3.8, 4) is 0 Å². The van der Waals surface area contributed by atoms with Gasteiger partial charge in [-0.1, -0.05) is 0 Å². The van der Waals surface area contributed by atoms with Crippen molar-refractivity contribution in [3.63, 3.8) is 0 Å². The Labute approximate surface area is 75.3 Å². The molecule has 3 rings (SSSR count). The first-order chi connectivity index (χ1) is 6.33. The predicted molar refractivity (Wildman–Crippen MR) is 47.1 cm³/mol. The number of amides is 2. The fraction of sp³-hybridized carbons (Fsp3) is 0.500. The molecule has 0 spiro atoms. The van der Waals surface area contributed by atoms with Gasteiger partial charge in [0.1, 0.15) is 5.71 Å². The van der Waals surface area contributed by atoms with Crippen molar-refractivity contribution in [1.29, 1.82) is 0 Å². The third-order valence-electron chi connectivity index (χ3n) is 2.68. The van der Waals surface area contributed by atoms with Crippen LogP contribution < -0.4 is 16.1 Å². The van der Waals surface area contributed by atoms with Crippen molar-refractivity contribution in [1.82, 2.24) is 16.1 Å². The molecule has 2 amide bonds. The number of hydrogen-bond donors (Lipinski definition) is 3. The lowest BCUT2D eigenvalue weighted by Crippen LogP contribution is -2.50. The summed E-state index contributed by atoms with van der Waals surface area (Å²) in [4.78, 5) is 11.0. The molecule has 5 heteroatoms. The molecule has 2 atom stereocenters. The number of carbonyl (C=O) groups is 1. The van der Waals surface area contributed by atoms with Crippen molar-refractivity contribution in [2.75, 3.05) is 0 Å². The number of rotatable bonds is 0. The van der Waals surface area contributed by atoms with Crippen LogP contribution in [-0.4, -0.2) is 23.8 Å². The van der Waals surface area contributed by atoms with Gasteiger partial charge in [0.05, 0.1) is 11.7 Å². The summed E-state index contributed by atoms with van der Waals surface area (Å²) in [6, 6.07) is 0.492. The summed E-state index contributed by atoms with van der Waals surface area (Å²) in [5, 5.41) is 10.2. The fourth-order valence-corrected chi connectivity index (χ4v) is 2.10. The van der Waals surface area contributed by atoms with E-state index in [1.54, 1.807) is 0 Å². The van der Waals surface area contributed by atoms with Crippen LogP contribution in [0, 0.1) is 0 Å². The minimum atomic E-state index is -0.240. The highest BCUT2D eigenvalue weighted by Gasteiger charge is 2.35. The van der Waals surface area contributed by atoms with E-state index in [0.29, 0.717) is 12.1 Å². The monoisotopic (exact) mass is 178 g/mol. The second-order valence-corrected chi connectivity index (χ2v) is 3.55. The Kier molecular flexibility index (Phi) is 1.26. The van der Waals surface area contributed by atoms with Gasteiger partial charge in [-0.2, -0.15) is 5.10 Å². The molecular formula is C8H10N4O. The zero-order valence-electron chi connectivity index (χ0n) is 7.00. The third kappa shape index (κ3) is 0.968. The van der Waals surface area contributed by atoms with Gasteiger partial charge in [-0.05, 0) is 18.9 Å². The predicted octanol–water partition coefficient (Wildman–Crippen LogP) is -0.327. The van der Waals surface area contributed by atoms with Gasteiger partial charge in [0.2, 0.25) is 0 Å². The normalized spacial score (nSPS) is 35.5. The smallest absolute Gasteiger partial charge is 0.305 e. The molecule has 2 bridgehead atoms. The van der Waals surface area contributed by atoms with E-state index in [9.17, 15) is 4.79 Å². The first-order valence-electron chi connectivity index (χ1n) is 4.46. The second kappa shape index (κ2) is 2.32. The molecule has 5 nitrogen and oxygen atoms in total. The van der Waals surface area contributed by atoms with E-state index in [1.165, 1.54) is 0 Å². The van der Waals surface area contributed by atoms with Gasteiger partial charge in [-0.25, -0.2) is 10.2 Å². The van der Waals surface area contributed by atoms with Gasteiger partial charge in [0, 0.05) is 6.04 Å².